The maximum absolute atomic E-state index is 12.1. The van der Waals surface area contributed by atoms with Gasteiger partial charge in [0.25, 0.3) is 5.91 Å². The van der Waals surface area contributed by atoms with Crippen LogP contribution in [0, 0.1) is 0 Å². The molecule has 100 valence electrons. The van der Waals surface area contributed by atoms with Crippen LogP contribution in [0.2, 0.25) is 10.0 Å². The number of H-pyrrole nitrogens is 1. The Bertz CT molecular complexity index is 780. The highest BCUT2D eigenvalue weighted by Gasteiger charge is 2.09. The molecule has 0 atom stereocenters. The lowest BCUT2D eigenvalue weighted by molar-refractivity contribution is 0.102. The summed E-state index contributed by atoms with van der Waals surface area (Å²) in [6, 6.07) is 9.89. The van der Waals surface area contributed by atoms with Crippen LogP contribution >= 0.6 is 23.2 Å². The second-order valence-corrected chi connectivity index (χ2v) is 5.01. The first-order chi connectivity index (χ1) is 9.61. The molecule has 0 fully saturated rings. The highest BCUT2D eigenvalue weighted by molar-refractivity contribution is 6.35. The number of fused-ring (bicyclic) bond motifs is 1. The van der Waals surface area contributed by atoms with Gasteiger partial charge in [0, 0.05) is 21.3 Å². The zero-order chi connectivity index (χ0) is 14.1. The van der Waals surface area contributed by atoms with Crippen molar-refractivity contribution in [2.24, 2.45) is 0 Å². The van der Waals surface area contributed by atoms with Crippen LogP contribution in [-0.4, -0.2) is 21.3 Å². The van der Waals surface area contributed by atoms with Crippen LogP contribution < -0.4 is 5.32 Å². The van der Waals surface area contributed by atoms with Gasteiger partial charge in [-0.15, -0.1) is 0 Å². The fraction of sp³-hybridized carbons (Fsp3) is 0. The number of aromatic nitrogens is 3. The minimum atomic E-state index is -0.270. The molecule has 0 saturated carbocycles. The van der Waals surface area contributed by atoms with Gasteiger partial charge in [0.05, 0.1) is 0 Å². The van der Waals surface area contributed by atoms with E-state index in [0.717, 1.165) is 0 Å². The fourth-order valence-electron chi connectivity index (χ4n) is 1.81. The molecule has 0 unspecified atom stereocenters. The number of hydrogen-bond donors (Lipinski definition) is 2. The van der Waals surface area contributed by atoms with E-state index in [0.29, 0.717) is 32.3 Å². The van der Waals surface area contributed by atoms with Gasteiger partial charge in [0.1, 0.15) is 11.0 Å². The number of carbonyl (C=O) groups is 1. The number of hydrogen-bond acceptors (Lipinski definition) is 3. The Morgan fingerprint density at radius 2 is 1.70 bits per heavy atom. The lowest BCUT2D eigenvalue weighted by Crippen LogP contribution is -2.11. The van der Waals surface area contributed by atoms with Crippen molar-refractivity contribution in [3.05, 3.63) is 52.0 Å². The standard InChI is InChI=1S/C13H8Cl2N4O/c14-8-4-9(15)6-10(5-8)16-13(20)7-1-2-11-12(3-7)18-19-17-11/h1-6H,(H,16,20)(H,17,18,19). The molecule has 0 aliphatic rings. The van der Waals surface area contributed by atoms with Crippen molar-refractivity contribution < 1.29 is 4.79 Å². The molecule has 0 saturated heterocycles. The number of aromatic amines is 1. The Kier molecular flexibility index (Phi) is 3.30. The molecule has 0 aliphatic heterocycles. The van der Waals surface area contributed by atoms with E-state index in [9.17, 15) is 4.79 Å². The number of nitrogens with zero attached hydrogens (tertiary/aromatic N) is 2. The lowest BCUT2D eigenvalue weighted by Gasteiger charge is -2.06. The van der Waals surface area contributed by atoms with Gasteiger partial charge in [-0.05, 0) is 36.4 Å². The van der Waals surface area contributed by atoms with Crippen LogP contribution in [0.25, 0.3) is 11.0 Å². The smallest absolute Gasteiger partial charge is 0.255 e. The summed E-state index contributed by atoms with van der Waals surface area (Å²) in [6.45, 7) is 0. The van der Waals surface area contributed by atoms with Crippen LogP contribution in [-0.2, 0) is 0 Å². The number of halogens is 2. The third kappa shape index (κ3) is 2.59. The van der Waals surface area contributed by atoms with Gasteiger partial charge in [0.15, 0.2) is 0 Å². The van der Waals surface area contributed by atoms with Gasteiger partial charge in [-0.3, -0.25) is 4.79 Å². The number of benzene rings is 2. The van der Waals surface area contributed by atoms with Crippen LogP contribution in [0.3, 0.4) is 0 Å². The van der Waals surface area contributed by atoms with Crippen molar-refractivity contribution >= 4 is 45.8 Å². The average Bonchev–Trinajstić information content (AvgIpc) is 2.84. The summed E-state index contributed by atoms with van der Waals surface area (Å²) in [6.07, 6.45) is 0. The van der Waals surface area contributed by atoms with Crippen molar-refractivity contribution in [1.29, 1.82) is 0 Å². The van der Waals surface area contributed by atoms with Gasteiger partial charge in [-0.25, -0.2) is 0 Å². The highest BCUT2D eigenvalue weighted by Crippen LogP contribution is 2.23. The summed E-state index contributed by atoms with van der Waals surface area (Å²) in [5.74, 6) is -0.270. The molecule has 0 aliphatic carbocycles. The van der Waals surface area contributed by atoms with Crippen LogP contribution in [0.15, 0.2) is 36.4 Å². The SMILES string of the molecule is O=C(Nc1cc(Cl)cc(Cl)c1)c1ccc2n[nH]nc2c1. The zero-order valence-corrected chi connectivity index (χ0v) is 11.5. The lowest BCUT2D eigenvalue weighted by atomic mass is 10.2. The summed E-state index contributed by atoms with van der Waals surface area (Å²) >= 11 is 11.8. The first kappa shape index (κ1) is 12.9. The number of anilines is 1. The van der Waals surface area contributed by atoms with Gasteiger partial charge >= 0.3 is 0 Å². The van der Waals surface area contributed by atoms with E-state index in [1.807, 2.05) is 0 Å². The summed E-state index contributed by atoms with van der Waals surface area (Å²) in [5.41, 5.74) is 2.34. The molecule has 0 bridgehead atoms. The number of carbonyl (C=O) groups excluding carboxylic acids is 1. The fourth-order valence-corrected chi connectivity index (χ4v) is 2.34. The summed E-state index contributed by atoms with van der Waals surface area (Å²) < 4.78 is 0. The maximum atomic E-state index is 12.1. The average molecular weight is 307 g/mol. The first-order valence-corrected chi connectivity index (χ1v) is 6.45. The second-order valence-electron chi connectivity index (χ2n) is 4.14. The number of rotatable bonds is 2. The number of amides is 1. The molecule has 5 nitrogen and oxygen atoms in total. The molecule has 3 rings (SSSR count). The molecular weight excluding hydrogens is 299 g/mol. The normalized spacial score (nSPS) is 10.7. The van der Waals surface area contributed by atoms with E-state index in [1.54, 1.807) is 36.4 Å². The van der Waals surface area contributed by atoms with Gasteiger partial charge < -0.3 is 5.32 Å². The van der Waals surface area contributed by atoms with E-state index in [1.165, 1.54) is 0 Å². The second kappa shape index (κ2) is 5.11. The Morgan fingerprint density at radius 3 is 2.45 bits per heavy atom. The topological polar surface area (TPSA) is 70.7 Å². The Morgan fingerprint density at radius 1 is 1.00 bits per heavy atom. The van der Waals surface area contributed by atoms with E-state index in [2.05, 4.69) is 20.7 Å². The summed E-state index contributed by atoms with van der Waals surface area (Å²) in [4.78, 5) is 12.1. The zero-order valence-electron chi connectivity index (χ0n) is 10.0. The summed E-state index contributed by atoms with van der Waals surface area (Å²) in [5, 5.41) is 14.0. The Balaban J connectivity index is 1.88. The van der Waals surface area contributed by atoms with Crippen LogP contribution in [0.1, 0.15) is 10.4 Å². The van der Waals surface area contributed by atoms with Crippen LogP contribution in [0.4, 0.5) is 5.69 Å². The van der Waals surface area contributed by atoms with E-state index >= 15 is 0 Å². The molecule has 2 aromatic carbocycles. The first-order valence-electron chi connectivity index (χ1n) is 5.70. The molecule has 0 spiro atoms. The quantitative estimate of drug-likeness (QED) is 0.761. The highest BCUT2D eigenvalue weighted by atomic mass is 35.5. The van der Waals surface area contributed by atoms with Crippen LogP contribution in [0.5, 0.6) is 0 Å². The molecule has 1 heterocycles. The Labute approximate surface area is 123 Å². The predicted molar refractivity (Wildman–Crippen MR) is 78.3 cm³/mol. The molecule has 2 N–H and O–H groups in total. The minimum absolute atomic E-state index is 0.270. The van der Waals surface area contributed by atoms with Crippen molar-refractivity contribution in [2.45, 2.75) is 0 Å². The summed E-state index contributed by atoms with van der Waals surface area (Å²) in [7, 11) is 0. The van der Waals surface area contributed by atoms with Gasteiger partial charge in [-0.1, -0.05) is 23.2 Å². The third-order valence-corrected chi connectivity index (χ3v) is 3.14. The largest absolute Gasteiger partial charge is 0.322 e. The minimum Gasteiger partial charge on any atom is -0.322 e. The predicted octanol–water partition coefficient (Wildman–Crippen LogP) is 3.52. The molecule has 0 radical (unpaired) electrons. The molecular formula is C13H8Cl2N4O. The van der Waals surface area contributed by atoms with Crippen molar-refractivity contribution in [3.63, 3.8) is 0 Å². The molecule has 1 amide bonds. The molecule has 3 aromatic rings. The Hall–Kier alpha value is -2.11. The maximum Gasteiger partial charge on any atom is 0.255 e. The monoisotopic (exact) mass is 306 g/mol. The van der Waals surface area contributed by atoms with Gasteiger partial charge in [-0.2, -0.15) is 15.4 Å². The van der Waals surface area contributed by atoms with Crippen molar-refractivity contribution in [2.75, 3.05) is 5.32 Å². The van der Waals surface area contributed by atoms with Crippen molar-refractivity contribution in [3.8, 4) is 0 Å². The molecule has 1 aromatic heterocycles. The third-order valence-electron chi connectivity index (χ3n) is 2.70. The molecule has 7 heteroatoms. The molecule has 20 heavy (non-hydrogen) atoms. The van der Waals surface area contributed by atoms with E-state index < -0.39 is 0 Å². The van der Waals surface area contributed by atoms with E-state index in [4.69, 9.17) is 23.2 Å². The van der Waals surface area contributed by atoms with Crippen molar-refractivity contribution in [1.82, 2.24) is 15.4 Å². The van der Waals surface area contributed by atoms with E-state index in [-0.39, 0.29) is 5.91 Å². The number of nitrogens with one attached hydrogen (secondary N) is 2. The van der Waals surface area contributed by atoms with Gasteiger partial charge in [0.2, 0.25) is 0 Å².